The topological polar surface area (TPSA) is 30.0 Å². The van der Waals surface area contributed by atoms with Gasteiger partial charge in [-0.15, -0.1) is 0 Å². The molecule has 1 heterocycles. The van der Waals surface area contributed by atoms with E-state index in [-0.39, 0.29) is 0 Å². The molecule has 2 nitrogen and oxygen atoms in total. The maximum absolute atomic E-state index is 13.3. The van der Waals surface area contributed by atoms with E-state index in [1.165, 1.54) is 6.20 Å². The summed E-state index contributed by atoms with van der Waals surface area (Å²) < 4.78 is 39.9. The Morgan fingerprint density at radius 3 is 2.24 bits per heavy atom. The van der Waals surface area contributed by atoms with Crippen LogP contribution in [0.3, 0.4) is 0 Å². The van der Waals surface area contributed by atoms with E-state index in [0.717, 1.165) is 30.5 Å². The third kappa shape index (κ3) is 2.04. The summed E-state index contributed by atoms with van der Waals surface area (Å²) in [5.74, 6) is -4.00. The predicted molar refractivity (Wildman–Crippen MR) is 54.0 cm³/mol. The van der Waals surface area contributed by atoms with Crippen LogP contribution in [0.4, 0.5) is 13.2 Å². The molecule has 2 aromatic rings. The summed E-state index contributed by atoms with van der Waals surface area (Å²) >= 11 is 0. The monoisotopic (exact) mass is 237 g/mol. The second-order valence-corrected chi connectivity index (χ2v) is 3.28. The van der Waals surface area contributed by atoms with Gasteiger partial charge in [-0.25, -0.2) is 13.2 Å². The predicted octanol–water partition coefficient (Wildman–Crippen LogP) is 2.73. The lowest BCUT2D eigenvalue weighted by atomic mass is 10.0. The van der Waals surface area contributed by atoms with Crippen LogP contribution in [-0.4, -0.2) is 10.8 Å². The molecule has 0 aliphatic carbocycles. The van der Waals surface area contributed by atoms with Gasteiger partial charge in [0.1, 0.15) is 11.6 Å². The van der Waals surface area contributed by atoms with E-state index in [9.17, 15) is 18.0 Å². The maximum atomic E-state index is 13.3. The molecule has 0 atom stereocenters. The summed E-state index contributed by atoms with van der Waals surface area (Å²) in [4.78, 5) is 15.2. The molecule has 0 radical (unpaired) electrons. The minimum atomic E-state index is -1.04. The number of carbonyl (C=O) groups excluding carboxylic acids is 1. The summed E-state index contributed by atoms with van der Waals surface area (Å²) in [6, 6.07) is 4.08. The van der Waals surface area contributed by atoms with Crippen molar-refractivity contribution in [3.05, 3.63) is 65.2 Å². The third-order valence-electron chi connectivity index (χ3n) is 2.21. The van der Waals surface area contributed by atoms with Crippen LogP contribution in [0.1, 0.15) is 15.9 Å². The first-order valence-electron chi connectivity index (χ1n) is 4.69. The number of ketones is 1. The van der Waals surface area contributed by atoms with Gasteiger partial charge in [0, 0.05) is 6.20 Å². The smallest absolute Gasteiger partial charge is 0.201 e. The van der Waals surface area contributed by atoms with E-state index < -0.39 is 34.4 Å². The number of carbonyl (C=O) groups is 1. The van der Waals surface area contributed by atoms with Crippen molar-refractivity contribution in [2.75, 3.05) is 0 Å². The molecule has 0 bridgehead atoms. The lowest BCUT2D eigenvalue weighted by Gasteiger charge is -2.04. The molecule has 0 aliphatic rings. The molecule has 5 heteroatoms. The lowest BCUT2D eigenvalue weighted by molar-refractivity contribution is 0.102. The molecule has 17 heavy (non-hydrogen) atoms. The minimum absolute atomic E-state index is 0.413. The van der Waals surface area contributed by atoms with Gasteiger partial charge in [0.05, 0.1) is 17.3 Å². The Labute approximate surface area is 94.7 Å². The van der Waals surface area contributed by atoms with Crippen molar-refractivity contribution >= 4 is 5.78 Å². The highest BCUT2D eigenvalue weighted by molar-refractivity contribution is 6.09. The van der Waals surface area contributed by atoms with Gasteiger partial charge in [0.2, 0.25) is 5.78 Å². The van der Waals surface area contributed by atoms with Crippen molar-refractivity contribution in [1.29, 1.82) is 0 Å². The van der Waals surface area contributed by atoms with Crippen LogP contribution in [0, 0.1) is 17.5 Å². The second kappa shape index (κ2) is 4.37. The number of hydrogen-bond acceptors (Lipinski definition) is 2. The van der Waals surface area contributed by atoms with Gasteiger partial charge in [-0.3, -0.25) is 9.78 Å². The van der Waals surface area contributed by atoms with Gasteiger partial charge in [-0.2, -0.15) is 0 Å². The summed E-state index contributed by atoms with van der Waals surface area (Å²) in [5.41, 5.74) is -1.18. The molecule has 0 spiro atoms. The molecule has 0 N–H and O–H groups in total. The van der Waals surface area contributed by atoms with Crippen LogP contribution >= 0.6 is 0 Å². The van der Waals surface area contributed by atoms with E-state index in [2.05, 4.69) is 4.98 Å². The first-order valence-corrected chi connectivity index (χ1v) is 4.69. The first kappa shape index (κ1) is 11.3. The fourth-order valence-electron chi connectivity index (χ4n) is 1.41. The fourth-order valence-corrected chi connectivity index (χ4v) is 1.41. The van der Waals surface area contributed by atoms with Crippen molar-refractivity contribution in [2.24, 2.45) is 0 Å². The number of aromatic nitrogens is 1. The number of rotatable bonds is 2. The molecule has 1 aromatic heterocycles. The average molecular weight is 237 g/mol. The number of halogens is 3. The van der Waals surface area contributed by atoms with Crippen LogP contribution < -0.4 is 0 Å². The highest BCUT2D eigenvalue weighted by Crippen LogP contribution is 2.18. The van der Waals surface area contributed by atoms with Crippen molar-refractivity contribution < 1.29 is 18.0 Å². The normalized spacial score (nSPS) is 10.3. The molecule has 0 unspecified atom stereocenters. The Kier molecular flexibility index (Phi) is 2.91. The van der Waals surface area contributed by atoms with Crippen LogP contribution in [0.25, 0.3) is 0 Å². The average Bonchev–Trinajstić information content (AvgIpc) is 2.29. The molecule has 1 aromatic carbocycles. The fraction of sp³-hybridized carbons (Fsp3) is 0. The molecule has 0 saturated carbocycles. The Morgan fingerprint density at radius 2 is 1.65 bits per heavy atom. The molecule has 0 aliphatic heterocycles. The summed E-state index contributed by atoms with van der Waals surface area (Å²) in [6.07, 6.45) is 1.99. The van der Waals surface area contributed by atoms with Gasteiger partial charge in [0.15, 0.2) is 5.82 Å². The van der Waals surface area contributed by atoms with Gasteiger partial charge < -0.3 is 0 Å². The second-order valence-electron chi connectivity index (χ2n) is 3.28. The number of nitrogens with zero attached hydrogens (tertiary/aromatic N) is 1. The van der Waals surface area contributed by atoms with Gasteiger partial charge in [-0.1, -0.05) is 6.07 Å². The Balaban J connectivity index is 2.56. The van der Waals surface area contributed by atoms with Crippen LogP contribution in [0.2, 0.25) is 0 Å². The van der Waals surface area contributed by atoms with Gasteiger partial charge in [0.25, 0.3) is 0 Å². The summed E-state index contributed by atoms with van der Waals surface area (Å²) in [6.45, 7) is 0. The summed E-state index contributed by atoms with van der Waals surface area (Å²) in [5, 5.41) is 0. The minimum Gasteiger partial charge on any atom is -0.288 e. The Morgan fingerprint density at radius 1 is 1.00 bits per heavy atom. The van der Waals surface area contributed by atoms with Crippen LogP contribution in [0.5, 0.6) is 0 Å². The third-order valence-corrected chi connectivity index (χ3v) is 2.21. The first-order chi connectivity index (χ1) is 8.11. The largest absolute Gasteiger partial charge is 0.288 e. The van der Waals surface area contributed by atoms with E-state index in [0.29, 0.717) is 0 Å². The number of pyridine rings is 1. The van der Waals surface area contributed by atoms with Crippen LogP contribution in [-0.2, 0) is 0 Å². The zero-order valence-corrected chi connectivity index (χ0v) is 8.45. The van der Waals surface area contributed by atoms with Crippen molar-refractivity contribution in [3.63, 3.8) is 0 Å². The zero-order valence-electron chi connectivity index (χ0n) is 8.45. The highest BCUT2D eigenvalue weighted by Gasteiger charge is 2.21. The molecule has 0 amide bonds. The molecule has 86 valence electrons. The van der Waals surface area contributed by atoms with Gasteiger partial charge in [-0.05, 0) is 18.2 Å². The Hall–Kier alpha value is -2.17. The molecular formula is C12H6F3NO. The van der Waals surface area contributed by atoms with E-state index in [1.54, 1.807) is 0 Å². The lowest BCUT2D eigenvalue weighted by Crippen LogP contribution is -2.09. The van der Waals surface area contributed by atoms with Crippen molar-refractivity contribution in [2.45, 2.75) is 0 Å². The van der Waals surface area contributed by atoms with Crippen molar-refractivity contribution in [3.8, 4) is 0 Å². The van der Waals surface area contributed by atoms with E-state index in [4.69, 9.17) is 0 Å². The molecule has 0 saturated heterocycles. The standard InChI is InChI=1S/C12H6F3NO/c13-8-2-1-3-9(14)11(8)12(17)7-4-5-16-6-10(7)15/h1-6H. The SMILES string of the molecule is O=C(c1ccncc1F)c1c(F)cccc1F. The molecule has 0 fully saturated rings. The molecule has 2 rings (SSSR count). The maximum Gasteiger partial charge on any atom is 0.201 e. The quantitative estimate of drug-likeness (QED) is 0.751. The van der Waals surface area contributed by atoms with Crippen LogP contribution in [0.15, 0.2) is 36.7 Å². The van der Waals surface area contributed by atoms with E-state index in [1.807, 2.05) is 0 Å². The zero-order chi connectivity index (χ0) is 12.4. The van der Waals surface area contributed by atoms with Gasteiger partial charge >= 0.3 is 0 Å². The molecular weight excluding hydrogens is 231 g/mol. The summed E-state index contributed by atoms with van der Waals surface area (Å²) in [7, 11) is 0. The number of benzene rings is 1. The van der Waals surface area contributed by atoms with E-state index >= 15 is 0 Å². The Bertz CT molecular complexity index is 563. The van der Waals surface area contributed by atoms with Crippen molar-refractivity contribution in [1.82, 2.24) is 4.98 Å². The highest BCUT2D eigenvalue weighted by atomic mass is 19.1. The number of hydrogen-bond donors (Lipinski definition) is 0.